The number of hydrogen-bond donors (Lipinski definition) is 0. The number of rotatable bonds is 2. The van der Waals surface area contributed by atoms with Crippen LogP contribution in [0, 0.1) is 0 Å². The van der Waals surface area contributed by atoms with E-state index in [1.165, 1.54) is 28.8 Å². The topological polar surface area (TPSA) is 49.2 Å². The van der Waals surface area contributed by atoms with Crippen LogP contribution in [0.25, 0.3) is 11.3 Å². The van der Waals surface area contributed by atoms with Gasteiger partial charge in [-0.1, -0.05) is 26.0 Å². The van der Waals surface area contributed by atoms with E-state index in [0.29, 0.717) is 0 Å². The van der Waals surface area contributed by atoms with E-state index in [9.17, 15) is 23.1 Å². The smallest absolute Gasteiger partial charge is 0.416 e. The predicted molar refractivity (Wildman–Crippen MR) is 83.7 cm³/mol. The van der Waals surface area contributed by atoms with Crippen molar-refractivity contribution in [1.29, 1.82) is 0 Å². The summed E-state index contributed by atoms with van der Waals surface area (Å²) in [4.78, 5) is 12.9. The standard InChI is InChI=1S/C18H15F3N2O2/c1-11(2)15-16(24)22-9-4-3-8-14(22)23(17(15)25)13-7-5-6-12(10-13)18(19,20)21/h3-11H,1-2H3. The van der Waals surface area contributed by atoms with E-state index < -0.39 is 23.2 Å². The van der Waals surface area contributed by atoms with Crippen LogP contribution in [0.3, 0.4) is 0 Å². The Morgan fingerprint density at radius 1 is 1.12 bits per heavy atom. The first kappa shape index (κ1) is 17.0. The van der Waals surface area contributed by atoms with E-state index >= 15 is 0 Å². The molecule has 2 aromatic heterocycles. The van der Waals surface area contributed by atoms with Crippen LogP contribution in [-0.2, 0) is 6.18 Å². The van der Waals surface area contributed by atoms with Gasteiger partial charge in [0.05, 0.1) is 23.2 Å². The Balaban J connectivity index is 2.43. The van der Waals surface area contributed by atoms with Gasteiger partial charge in [0, 0.05) is 6.07 Å². The van der Waals surface area contributed by atoms with Gasteiger partial charge in [0.15, 0.2) is 0 Å². The average Bonchev–Trinajstić information content (AvgIpc) is 2.54. The SMILES string of the molecule is CC(C)c1c([O-])[n+]2ccccc2n(-c2cccc(C(F)(F)F)c2)c1=O. The lowest BCUT2D eigenvalue weighted by Gasteiger charge is -2.16. The van der Waals surface area contributed by atoms with Gasteiger partial charge in [-0.3, -0.25) is 0 Å². The van der Waals surface area contributed by atoms with Crippen LogP contribution in [-0.4, -0.2) is 4.57 Å². The molecule has 0 radical (unpaired) electrons. The van der Waals surface area contributed by atoms with Gasteiger partial charge >= 0.3 is 11.7 Å². The Morgan fingerprint density at radius 2 is 1.84 bits per heavy atom. The summed E-state index contributed by atoms with van der Waals surface area (Å²) in [6.45, 7) is 3.40. The largest absolute Gasteiger partial charge is 0.842 e. The zero-order valence-electron chi connectivity index (χ0n) is 13.5. The second kappa shape index (κ2) is 5.91. The number of pyridine rings is 1. The lowest BCUT2D eigenvalue weighted by molar-refractivity contribution is -0.588. The first-order valence-electron chi connectivity index (χ1n) is 7.65. The molecule has 130 valence electrons. The third-order valence-electron chi connectivity index (χ3n) is 3.96. The van der Waals surface area contributed by atoms with Crippen LogP contribution in [0.4, 0.5) is 13.2 Å². The second-order valence-corrected chi connectivity index (χ2v) is 5.99. The molecule has 3 aromatic rings. The van der Waals surface area contributed by atoms with Crippen LogP contribution < -0.4 is 15.1 Å². The maximum absolute atomic E-state index is 13.0. The highest BCUT2D eigenvalue weighted by Gasteiger charge is 2.32. The number of fused-ring (bicyclic) bond motifs is 1. The molecule has 0 spiro atoms. The molecule has 0 aliphatic rings. The van der Waals surface area contributed by atoms with Crippen LogP contribution in [0.2, 0.25) is 0 Å². The first-order chi connectivity index (χ1) is 11.7. The van der Waals surface area contributed by atoms with E-state index in [1.54, 1.807) is 26.0 Å². The molecule has 0 saturated carbocycles. The van der Waals surface area contributed by atoms with Gasteiger partial charge in [0.1, 0.15) is 5.69 Å². The minimum atomic E-state index is -4.53. The van der Waals surface area contributed by atoms with Crippen LogP contribution in [0.15, 0.2) is 53.5 Å². The minimum absolute atomic E-state index is 0.0288. The Hall–Kier alpha value is -2.83. The van der Waals surface area contributed by atoms with Crippen molar-refractivity contribution in [1.82, 2.24) is 4.57 Å². The molecule has 25 heavy (non-hydrogen) atoms. The molecule has 0 amide bonds. The molecule has 0 aliphatic carbocycles. The van der Waals surface area contributed by atoms with Crippen molar-refractivity contribution in [3.05, 3.63) is 70.1 Å². The van der Waals surface area contributed by atoms with Gasteiger partial charge in [-0.25, -0.2) is 9.20 Å². The summed E-state index contributed by atoms with van der Waals surface area (Å²) in [5, 5.41) is 12.6. The zero-order valence-corrected chi connectivity index (χ0v) is 13.5. The van der Waals surface area contributed by atoms with E-state index in [2.05, 4.69) is 0 Å². The summed E-state index contributed by atoms with van der Waals surface area (Å²) >= 11 is 0. The van der Waals surface area contributed by atoms with Crippen LogP contribution in [0.5, 0.6) is 5.88 Å². The maximum atomic E-state index is 13.0. The molecule has 3 rings (SSSR count). The summed E-state index contributed by atoms with van der Waals surface area (Å²) in [5.74, 6) is -0.826. The van der Waals surface area contributed by atoms with Crippen LogP contribution >= 0.6 is 0 Å². The Kier molecular flexibility index (Phi) is 4.02. The number of halogens is 3. The van der Waals surface area contributed by atoms with Crippen LogP contribution in [0.1, 0.15) is 30.9 Å². The Morgan fingerprint density at radius 3 is 2.48 bits per heavy atom. The van der Waals surface area contributed by atoms with Crippen molar-refractivity contribution in [2.45, 2.75) is 25.9 Å². The molecule has 0 unspecified atom stereocenters. The summed E-state index contributed by atoms with van der Waals surface area (Å²) in [6.07, 6.45) is -3.03. The average molecular weight is 348 g/mol. The molecule has 0 aliphatic heterocycles. The van der Waals surface area contributed by atoms with Crippen molar-refractivity contribution < 1.29 is 22.7 Å². The predicted octanol–water partition coefficient (Wildman–Crippen LogP) is 2.79. The van der Waals surface area contributed by atoms with Crippen molar-refractivity contribution in [2.24, 2.45) is 0 Å². The first-order valence-corrected chi connectivity index (χ1v) is 7.65. The molecule has 1 aromatic carbocycles. The molecular formula is C18H15F3N2O2. The van der Waals surface area contributed by atoms with Crippen molar-refractivity contribution in [2.75, 3.05) is 0 Å². The monoisotopic (exact) mass is 348 g/mol. The van der Waals surface area contributed by atoms with Gasteiger partial charge in [0.25, 0.3) is 5.65 Å². The molecule has 7 heteroatoms. The Labute approximate surface area is 141 Å². The van der Waals surface area contributed by atoms with Gasteiger partial charge in [-0.2, -0.15) is 17.7 Å². The Bertz CT molecular complexity index is 1010. The number of aromatic nitrogens is 2. The lowest BCUT2D eigenvalue weighted by Crippen LogP contribution is -2.39. The van der Waals surface area contributed by atoms with Crippen molar-refractivity contribution in [3.8, 4) is 11.6 Å². The summed E-state index contributed by atoms with van der Waals surface area (Å²) in [7, 11) is 0. The molecule has 4 nitrogen and oxygen atoms in total. The molecular weight excluding hydrogens is 333 g/mol. The molecule has 0 saturated heterocycles. The quantitative estimate of drug-likeness (QED) is 0.669. The lowest BCUT2D eigenvalue weighted by atomic mass is 10.1. The van der Waals surface area contributed by atoms with E-state index in [4.69, 9.17) is 0 Å². The van der Waals surface area contributed by atoms with Gasteiger partial charge < -0.3 is 5.11 Å². The van der Waals surface area contributed by atoms with Crippen molar-refractivity contribution >= 4 is 5.65 Å². The minimum Gasteiger partial charge on any atom is -0.842 e. The summed E-state index contributed by atoms with van der Waals surface area (Å²) in [6, 6.07) is 9.26. The summed E-state index contributed by atoms with van der Waals surface area (Å²) < 4.78 is 41.5. The highest BCUT2D eigenvalue weighted by atomic mass is 19.4. The van der Waals surface area contributed by atoms with E-state index in [1.807, 2.05) is 0 Å². The highest BCUT2D eigenvalue weighted by Crippen LogP contribution is 2.30. The fourth-order valence-corrected chi connectivity index (χ4v) is 2.80. The molecule has 2 heterocycles. The number of benzene rings is 1. The zero-order chi connectivity index (χ0) is 18.4. The van der Waals surface area contributed by atoms with Gasteiger partial charge in [0.2, 0.25) is 0 Å². The fraction of sp³-hybridized carbons (Fsp3) is 0.222. The number of nitrogens with zero attached hydrogens (tertiary/aromatic N) is 2. The maximum Gasteiger partial charge on any atom is 0.416 e. The van der Waals surface area contributed by atoms with E-state index in [-0.39, 0.29) is 22.8 Å². The molecule has 0 atom stereocenters. The number of alkyl halides is 3. The fourth-order valence-electron chi connectivity index (χ4n) is 2.80. The highest BCUT2D eigenvalue weighted by molar-refractivity contribution is 5.47. The number of hydrogen-bond acceptors (Lipinski definition) is 2. The van der Waals surface area contributed by atoms with Gasteiger partial charge in [-0.15, -0.1) is 0 Å². The van der Waals surface area contributed by atoms with Gasteiger partial charge in [-0.05, 0) is 30.2 Å². The third-order valence-corrected chi connectivity index (χ3v) is 3.96. The molecule has 0 N–H and O–H groups in total. The normalized spacial score (nSPS) is 12.1. The second-order valence-electron chi connectivity index (χ2n) is 5.99. The third kappa shape index (κ3) is 2.86. The molecule has 0 bridgehead atoms. The summed E-state index contributed by atoms with van der Waals surface area (Å²) in [5.41, 5.74) is -1.17. The molecule has 0 fully saturated rings. The van der Waals surface area contributed by atoms with E-state index in [0.717, 1.165) is 16.7 Å². The van der Waals surface area contributed by atoms with Crippen molar-refractivity contribution in [3.63, 3.8) is 0 Å².